The van der Waals surface area contributed by atoms with Crippen molar-refractivity contribution in [2.45, 2.75) is 38.3 Å². The number of nitriles is 1. The highest BCUT2D eigenvalue weighted by Crippen LogP contribution is 2.33. The molecule has 2 atom stereocenters. The number of piperidine rings is 1. The topological polar surface area (TPSA) is 122 Å². The number of nitrogens with one attached hydrogen (secondary N) is 1. The fourth-order valence-corrected chi connectivity index (χ4v) is 4.75. The van der Waals surface area contributed by atoms with Crippen molar-refractivity contribution in [2.75, 3.05) is 24.5 Å². The van der Waals surface area contributed by atoms with E-state index >= 15 is 0 Å². The summed E-state index contributed by atoms with van der Waals surface area (Å²) in [5, 5.41) is 31.5. The molecule has 2 saturated heterocycles. The number of nitrogens with zero attached hydrogens (tertiary/aromatic N) is 6. The van der Waals surface area contributed by atoms with Crippen LogP contribution in [0.15, 0.2) is 30.5 Å². The molecule has 0 bridgehead atoms. The van der Waals surface area contributed by atoms with E-state index in [4.69, 9.17) is 15.7 Å². The molecule has 0 spiro atoms. The van der Waals surface area contributed by atoms with Crippen molar-refractivity contribution in [1.29, 1.82) is 10.7 Å². The highest BCUT2D eigenvalue weighted by Gasteiger charge is 2.33. The van der Waals surface area contributed by atoms with Gasteiger partial charge >= 0.3 is 0 Å². The van der Waals surface area contributed by atoms with Gasteiger partial charge in [-0.15, -0.1) is 0 Å². The van der Waals surface area contributed by atoms with Crippen LogP contribution in [0.25, 0.3) is 5.65 Å². The molecule has 2 fully saturated rings. The van der Waals surface area contributed by atoms with Gasteiger partial charge in [0.05, 0.1) is 47.7 Å². The van der Waals surface area contributed by atoms with Crippen molar-refractivity contribution >= 4 is 23.1 Å². The number of fused-ring (bicyclic) bond motifs is 1. The Kier molecular flexibility index (Phi) is 5.49. The molecule has 0 radical (unpaired) electrons. The van der Waals surface area contributed by atoms with Crippen molar-refractivity contribution in [3.63, 3.8) is 0 Å². The second kappa shape index (κ2) is 8.50. The van der Waals surface area contributed by atoms with Gasteiger partial charge in [-0.3, -0.25) is 4.79 Å². The van der Waals surface area contributed by atoms with E-state index in [-0.39, 0.29) is 22.9 Å². The third kappa shape index (κ3) is 3.78. The molecule has 1 aromatic carbocycles. The van der Waals surface area contributed by atoms with E-state index in [2.05, 4.69) is 5.10 Å². The van der Waals surface area contributed by atoms with E-state index in [1.165, 1.54) is 12.1 Å². The van der Waals surface area contributed by atoms with E-state index in [9.17, 15) is 14.3 Å². The molecule has 2 aliphatic heterocycles. The Bertz CT molecular complexity index is 1350. The Morgan fingerprint density at radius 2 is 2.15 bits per heavy atom. The first-order chi connectivity index (χ1) is 16.4. The van der Waals surface area contributed by atoms with E-state index in [0.717, 1.165) is 24.5 Å². The van der Waals surface area contributed by atoms with Crippen molar-refractivity contribution in [3.05, 3.63) is 58.7 Å². The number of hydrogen-bond acceptors (Lipinski definition) is 7. The Labute approximate surface area is 195 Å². The summed E-state index contributed by atoms with van der Waals surface area (Å²) in [6.07, 6.45) is 3.50. The van der Waals surface area contributed by atoms with Gasteiger partial charge in [0, 0.05) is 24.4 Å². The number of likely N-dealkylation sites (tertiary alicyclic amines) is 1. The standard InChI is InChI=1S/C24H24FN7O2/c1-14-11-32-22(28-23(14)30-12-18(27)21(33)13-30)9-19(29-32)20-4-2-3-7-31(20)24(34)16-6-5-15(10-26)8-17(16)25/h5-6,8-9,11,20-21,27,33H,2-4,7,12-13H2,1H3/t20-,21-/m0/s1. The van der Waals surface area contributed by atoms with Crippen LogP contribution in [0.2, 0.25) is 0 Å². The van der Waals surface area contributed by atoms with Crippen LogP contribution in [0, 0.1) is 29.5 Å². The molecule has 1 amide bonds. The predicted molar refractivity (Wildman–Crippen MR) is 122 cm³/mol. The fraction of sp³-hybridized carbons (Fsp3) is 0.375. The summed E-state index contributed by atoms with van der Waals surface area (Å²) < 4.78 is 16.2. The fourth-order valence-electron chi connectivity index (χ4n) is 4.75. The Hall–Kier alpha value is -3.84. The number of benzene rings is 1. The number of amides is 1. The number of anilines is 1. The lowest BCUT2D eigenvalue weighted by Gasteiger charge is -2.34. The first-order valence-corrected chi connectivity index (χ1v) is 11.2. The summed E-state index contributed by atoms with van der Waals surface area (Å²) in [7, 11) is 0. The van der Waals surface area contributed by atoms with Crippen LogP contribution in [-0.2, 0) is 0 Å². The van der Waals surface area contributed by atoms with Gasteiger partial charge in [-0.25, -0.2) is 13.9 Å². The number of carbonyl (C=O) groups excluding carboxylic acids is 1. The zero-order valence-electron chi connectivity index (χ0n) is 18.7. The van der Waals surface area contributed by atoms with Crippen LogP contribution in [0.1, 0.15) is 52.5 Å². The molecule has 0 unspecified atom stereocenters. The third-order valence-electron chi connectivity index (χ3n) is 6.51. The summed E-state index contributed by atoms with van der Waals surface area (Å²) in [6, 6.07) is 7.30. The molecule has 5 rings (SSSR count). The monoisotopic (exact) mass is 461 g/mol. The van der Waals surface area contributed by atoms with E-state index in [1.807, 2.05) is 30.2 Å². The van der Waals surface area contributed by atoms with Crippen molar-refractivity contribution in [1.82, 2.24) is 19.5 Å². The lowest BCUT2D eigenvalue weighted by Crippen LogP contribution is -2.39. The third-order valence-corrected chi connectivity index (χ3v) is 6.51. The van der Waals surface area contributed by atoms with Crippen LogP contribution >= 0.6 is 0 Å². The smallest absolute Gasteiger partial charge is 0.257 e. The molecule has 2 aliphatic rings. The number of rotatable bonds is 3. The largest absolute Gasteiger partial charge is 0.385 e. The van der Waals surface area contributed by atoms with E-state index < -0.39 is 17.8 Å². The van der Waals surface area contributed by atoms with Crippen LogP contribution in [0.4, 0.5) is 10.2 Å². The molecule has 0 aliphatic carbocycles. The maximum atomic E-state index is 14.6. The van der Waals surface area contributed by atoms with Crippen LogP contribution in [-0.4, -0.2) is 62.0 Å². The number of carbonyl (C=O) groups is 1. The number of aryl methyl sites for hydroxylation is 1. The zero-order valence-corrected chi connectivity index (χ0v) is 18.7. The van der Waals surface area contributed by atoms with Gasteiger partial charge < -0.3 is 20.3 Å². The van der Waals surface area contributed by atoms with Gasteiger partial charge in [0.25, 0.3) is 5.91 Å². The minimum absolute atomic E-state index is 0.0547. The Morgan fingerprint density at radius 1 is 1.32 bits per heavy atom. The summed E-state index contributed by atoms with van der Waals surface area (Å²) in [4.78, 5) is 21.5. The van der Waals surface area contributed by atoms with Crippen molar-refractivity contribution < 1.29 is 14.3 Å². The summed E-state index contributed by atoms with van der Waals surface area (Å²) in [5.41, 5.74) is 2.52. The molecule has 4 heterocycles. The molecule has 3 aromatic rings. The van der Waals surface area contributed by atoms with Crippen LogP contribution < -0.4 is 4.90 Å². The maximum absolute atomic E-state index is 14.6. The number of halogens is 1. The average molecular weight is 462 g/mol. The lowest BCUT2D eigenvalue weighted by atomic mass is 9.98. The lowest BCUT2D eigenvalue weighted by molar-refractivity contribution is 0.0601. The highest BCUT2D eigenvalue weighted by atomic mass is 19.1. The number of aromatic nitrogens is 3. The number of hydrogen-bond donors (Lipinski definition) is 2. The van der Waals surface area contributed by atoms with Gasteiger partial charge in [0.15, 0.2) is 5.65 Å². The molecule has 9 nitrogen and oxygen atoms in total. The van der Waals surface area contributed by atoms with E-state index in [1.54, 1.807) is 9.42 Å². The molecule has 34 heavy (non-hydrogen) atoms. The second-order valence-electron chi connectivity index (χ2n) is 8.86. The van der Waals surface area contributed by atoms with Crippen molar-refractivity contribution in [3.8, 4) is 6.07 Å². The number of β-amino-alcohol motifs (C(OH)–C–C–N with tert-alkyl or cyclic N) is 1. The predicted octanol–water partition coefficient (Wildman–Crippen LogP) is 2.62. The minimum atomic E-state index is -0.790. The average Bonchev–Trinajstić information content (AvgIpc) is 3.39. The summed E-state index contributed by atoms with van der Waals surface area (Å²) in [5.74, 6) is -0.432. The normalized spacial score (nSPS) is 20.7. The maximum Gasteiger partial charge on any atom is 0.257 e. The zero-order chi connectivity index (χ0) is 24.0. The summed E-state index contributed by atoms with van der Waals surface area (Å²) in [6.45, 7) is 3.04. The molecular formula is C24H24FN7O2. The molecular weight excluding hydrogens is 437 g/mol. The molecule has 2 aromatic heterocycles. The molecule has 10 heteroatoms. The Morgan fingerprint density at radius 3 is 2.85 bits per heavy atom. The Balaban J connectivity index is 1.47. The summed E-state index contributed by atoms with van der Waals surface area (Å²) >= 11 is 0. The molecule has 0 saturated carbocycles. The molecule has 2 N–H and O–H groups in total. The SMILES string of the molecule is Cc1cn2nc([C@@H]3CCCCN3C(=O)c3ccc(C#N)cc3F)cc2nc1N1CC(=N)[C@@H](O)C1. The van der Waals surface area contributed by atoms with Gasteiger partial charge in [-0.1, -0.05) is 0 Å². The molecule has 174 valence electrons. The highest BCUT2D eigenvalue weighted by molar-refractivity contribution is 5.95. The second-order valence-corrected chi connectivity index (χ2v) is 8.86. The van der Waals surface area contributed by atoms with Gasteiger partial charge in [0.2, 0.25) is 0 Å². The van der Waals surface area contributed by atoms with Crippen LogP contribution in [0.3, 0.4) is 0 Å². The van der Waals surface area contributed by atoms with E-state index in [0.29, 0.717) is 43.2 Å². The number of aliphatic hydroxyl groups excluding tert-OH is 1. The minimum Gasteiger partial charge on any atom is -0.385 e. The first kappa shape index (κ1) is 22.0. The van der Waals surface area contributed by atoms with Crippen LogP contribution in [0.5, 0.6) is 0 Å². The number of aliphatic hydroxyl groups is 1. The van der Waals surface area contributed by atoms with Gasteiger partial charge in [0.1, 0.15) is 17.7 Å². The quantitative estimate of drug-likeness (QED) is 0.618. The van der Waals surface area contributed by atoms with Crippen molar-refractivity contribution in [2.24, 2.45) is 0 Å². The first-order valence-electron chi connectivity index (χ1n) is 11.2. The van der Waals surface area contributed by atoms with Gasteiger partial charge in [-0.2, -0.15) is 10.4 Å². The van der Waals surface area contributed by atoms with Gasteiger partial charge in [-0.05, 0) is 44.4 Å².